The minimum Gasteiger partial charge on any atom is -0.193 e. The number of nitriles is 1. The summed E-state index contributed by atoms with van der Waals surface area (Å²) >= 11 is 0. The van der Waals surface area contributed by atoms with E-state index in [0.717, 1.165) is 18.3 Å². The number of hydrogen-bond acceptors (Lipinski definition) is 1. The zero-order valence-corrected chi connectivity index (χ0v) is 14.6. The second-order valence-corrected chi connectivity index (χ2v) is 7.10. The summed E-state index contributed by atoms with van der Waals surface area (Å²) in [6, 6.07) is 11.4. The smallest absolute Gasteiger partial charge is 0.0908 e. The van der Waals surface area contributed by atoms with Gasteiger partial charge in [0.1, 0.15) is 0 Å². The molecule has 1 aliphatic carbocycles. The topological polar surface area (TPSA) is 23.8 Å². The van der Waals surface area contributed by atoms with Crippen molar-refractivity contribution in [2.75, 3.05) is 0 Å². The van der Waals surface area contributed by atoms with Crippen molar-refractivity contribution in [3.05, 3.63) is 47.5 Å². The summed E-state index contributed by atoms with van der Waals surface area (Å²) in [5.41, 5.74) is 2.98. The summed E-state index contributed by atoms with van der Waals surface area (Å²) in [5.74, 6) is 1.82. The Labute approximate surface area is 142 Å². The first-order valence-electron chi connectivity index (χ1n) is 9.44. The summed E-state index contributed by atoms with van der Waals surface area (Å²) in [7, 11) is 0. The van der Waals surface area contributed by atoms with Crippen molar-refractivity contribution in [1.82, 2.24) is 0 Å². The lowest BCUT2D eigenvalue weighted by atomic mass is 9.78. The van der Waals surface area contributed by atoms with Gasteiger partial charge in [0.05, 0.1) is 6.07 Å². The predicted octanol–water partition coefficient (Wildman–Crippen LogP) is 6.24. The number of aryl methyl sites for hydroxylation is 2. The van der Waals surface area contributed by atoms with Gasteiger partial charge in [-0.1, -0.05) is 69.4 Å². The van der Waals surface area contributed by atoms with Crippen LogP contribution < -0.4 is 0 Å². The third-order valence-corrected chi connectivity index (χ3v) is 5.30. The Morgan fingerprint density at radius 2 is 1.52 bits per heavy atom. The molecule has 0 aromatic heterocycles. The lowest BCUT2D eigenvalue weighted by Crippen LogP contribution is -2.15. The standard InChI is InChI=1S/C22H31N/c1-2-6-19-8-12-21(13-9-19)16-17-22-14-10-20(11-15-22)7-4-3-5-18-23/h3,5,8-9,12-13,20,22H,2,4,6-7,10-11,14-17H2,1H3. The van der Waals surface area contributed by atoms with Gasteiger partial charge < -0.3 is 0 Å². The van der Waals surface area contributed by atoms with Gasteiger partial charge in [0, 0.05) is 6.08 Å². The molecule has 1 aromatic rings. The third kappa shape index (κ3) is 6.61. The molecule has 0 amide bonds. The molecule has 1 fully saturated rings. The first kappa shape index (κ1) is 17.8. The monoisotopic (exact) mass is 309 g/mol. The van der Waals surface area contributed by atoms with E-state index in [2.05, 4.69) is 37.3 Å². The normalized spacial score (nSPS) is 21.4. The Balaban J connectivity index is 1.64. The molecule has 1 aliphatic rings. The maximum absolute atomic E-state index is 8.50. The molecular weight excluding hydrogens is 278 g/mol. The molecule has 1 aromatic carbocycles. The van der Waals surface area contributed by atoms with E-state index >= 15 is 0 Å². The number of rotatable bonds is 8. The first-order chi connectivity index (χ1) is 11.3. The van der Waals surface area contributed by atoms with E-state index < -0.39 is 0 Å². The largest absolute Gasteiger partial charge is 0.193 e. The van der Waals surface area contributed by atoms with Crippen molar-refractivity contribution in [3.8, 4) is 6.07 Å². The molecular formula is C22H31N. The molecule has 0 saturated heterocycles. The van der Waals surface area contributed by atoms with Gasteiger partial charge in [-0.2, -0.15) is 5.26 Å². The van der Waals surface area contributed by atoms with Crippen LogP contribution in [0.5, 0.6) is 0 Å². The first-order valence-corrected chi connectivity index (χ1v) is 9.44. The van der Waals surface area contributed by atoms with Crippen LogP contribution in [0.15, 0.2) is 36.4 Å². The predicted molar refractivity (Wildman–Crippen MR) is 98.2 cm³/mol. The number of hydrogen-bond donors (Lipinski definition) is 0. The molecule has 2 rings (SSSR count). The van der Waals surface area contributed by atoms with E-state index in [0.29, 0.717) is 0 Å². The molecule has 0 heterocycles. The highest BCUT2D eigenvalue weighted by Gasteiger charge is 2.20. The maximum atomic E-state index is 8.50. The number of nitrogens with zero attached hydrogens (tertiary/aromatic N) is 1. The molecule has 0 atom stereocenters. The van der Waals surface area contributed by atoms with Gasteiger partial charge in [-0.15, -0.1) is 0 Å². The molecule has 0 N–H and O–H groups in total. The molecule has 0 aliphatic heterocycles. The Morgan fingerprint density at radius 1 is 0.957 bits per heavy atom. The highest BCUT2D eigenvalue weighted by atomic mass is 14.3. The molecule has 1 heteroatoms. The molecule has 124 valence electrons. The molecule has 23 heavy (non-hydrogen) atoms. The van der Waals surface area contributed by atoms with Crippen molar-refractivity contribution >= 4 is 0 Å². The SMILES string of the molecule is CCCc1ccc(CCC2CCC(CCC=CC#N)CC2)cc1. The molecule has 0 radical (unpaired) electrons. The molecule has 0 bridgehead atoms. The molecule has 1 nitrogen and oxygen atoms in total. The van der Waals surface area contributed by atoms with Crippen LogP contribution in [-0.4, -0.2) is 0 Å². The lowest BCUT2D eigenvalue weighted by Gasteiger charge is -2.28. The summed E-state index contributed by atoms with van der Waals surface area (Å²) < 4.78 is 0. The fraction of sp³-hybridized carbons (Fsp3) is 0.591. The summed E-state index contributed by atoms with van der Waals surface area (Å²) in [5, 5.41) is 8.50. The Bertz CT molecular complexity index is 498. The van der Waals surface area contributed by atoms with Gasteiger partial charge in [-0.25, -0.2) is 0 Å². The fourth-order valence-electron chi connectivity index (χ4n) is 3.81. The van der Waals surface area contributed by atoms with Crippen LogP contribution in [0.2, 0.25) is 0 Å². The lowest BCUT2D eigenvalue weighted by molar-refractivity contribution is 0.254. The van der Waals surface area contributed by atoms with Gasteiger partial charge in [0.25, 0.3) is 0 Å². The van der Waals surface area contributed by atoms with E-state index in [1.54, 1.807) is 6.08 Å². The second-order valence-electron chi connectivity index (χ2n) is 7.10. The van der Waals surface area contributed by atoms with E-state index in [1.807, 2.05) is 6.08 Å². The third-order valence-electron chi connectivity index (χ3n) is 5.30. The number of benzene rings is 1. The zero-order valence-electron chi connectivity index (χ0n) is 14.6. The van der Waals surface area contributed by atoms with Gasteiger partial charge in [-0.05, 0) is 55.1 Å². The average molecular weight is 309 g/mol. The van der Waals surface area contributed by atoms with Crippen LogP contribution in [0.25, 0.3) is 0 Å². The van der Waals surface area contributed by atoms with E-state index in [9.17, 15) is 0 Å². The van der Waals surface area contributed by atoms with Gasteiger partial charge in [0.2, 0.25) is 0 Å². The summed E-state index contributed by atoms with van der Waals surface area (Å²) in [4.78, 5) is 0. The second kappa shape index (κ2) is 10.3. The van der Waals surface area contributed by atoms with E-state index in [4.69, 9.17) is 5.26 Å². The van der Waals surface area contributed by atoms with Crippen LogP contribution in [0.3, 0.4) is 0 Å². The Kier molecular flexibility index (Phi) is 7.95. The van der Waals surface area contributed by atoms with Crippen LogP contribution in [-0.2, 0) is 12.8 Å². The van der Waals surface area contributed by atoms with Crippen LogP contribution in [0.4, 0.5) is 0 Å². The summed E-state index contributed by atoms with van der Waals surface area (Å²) in [6.45, 7) is 2.24. The quantitative estimate of drug-likeness (QED) is 0.521. The molecule has 0 spiro atoms. The van der Waals surface area contributed by atoms with Gasteiger partial charge >= 0.3 is 0 Å². The van der Waals surface area contributed by atoms with E-state index in [1.165, 1.54) is 68.9 Å². The molecule has 0 unspecified atom stereocenters. The maximum Gasteiger partial charge on any atom is 0.0908 e. The number of allylic oxidation sites excluding steroid dienone is 2. The van der Waals surface area contributed by atoms with E-state index in [-0.39, 0.29) is 0 Å². The Morgan fingerprint density at radius 3 is 2.09 bits per heavy atom. The van der Waals surface area contributed by atoms with Crippen molar-refractivity contribution in [2.45, 2.75) is 71.1 Å². The van der Waals surface area contributed by atoms with Crippen molar-refractivity contribution in [3.63, 3.8) is 0 Å². The van der Waals surface area contributed by atoms with Crippen molar-refractivity contribution in [1.29, 1.82) is 5.26 Å². The zero-order chi connectivity index (χ0) is 16.3. The van der Waals surface area contributed by atoms with Crippen LogP contribution >= 0.6 is 0 Å². The minimum atomic E-state index is 0.892. The summed E-state index contributed by atoms with van der Waals surface area (Å²) in [6.07, 6.45) is 16.6. The fourth-order valence-corrected chi connectivity index (χ4v) is 3.81. The highest BCUT2D eigenvalue weighted by molar-refractivity contribution is 5.22. The molecule has 1 saturated carbocycles. The average Bonchev–Trinajstić information content (AvgIpc) is 2.59. The van der Waals surface area contributed by atoms with Crippen LogP contribution in [0.1, 0.15) is 69.4 Å². The Hall–Kier alpha value is -1.55. The van der Waals surface area contributed by atoms with Crippen molar-refractivity contribution in [2.24, 2.45) is 11.8 Å². The van der Waals surface area contributed by atoms with Gasteiger partial charge in [-0.3, -0.25) is 0 Å². The minimum absolute atomic E-state index is 0.892. The highest BCUT2D eigenvalue weighted by Crippen LogP contribution is 2.34. The van der Waals surface area contributed by atoms with Crippen LogP contribution in [0, 0.1) is 23.2 Å². The van der Waals surface area contributed by atoms with Crippen molar-refractivity contribution < 1.29 is 0 Å². The van der Waals surface area contributed by atoms with Gasteiger partial charge in [0.15, 0.2) is 0 Å².